The summed E-state index contributed by atoms with van der Waals surface area (Å²) >= 11 is 6.70. The molecule has 4 aromatic rings. The van der Waals surface area contributed by atoms with E-state index < -0.39 is 17.9 Å². The third-order valence-electron chi connectivity index (χ3n) is 5.94. The summed E-state index contributed by atoms with van der Waals surface area (Å²) in [5.41, 5.74) is 4.86. The number of hydrogen-bond donors (Lipinski definition) is 1. The average Bonchev–Trinajstić information content (AvgIpc) is 3.44. The van der Waals surface area contributed by atoms with Gasteiger partial charge in [0.2, 0.25) is 0 Å². The molecular weight excluding hydrogens is 522 g/mol. The van der Waals surface area contributed by atoms with Crippen molar-refractivity contribution in [3.8, 4) is 15.6 Å². The molecule has 1 unspecified atom stereocenters. The van der Waals surface area contributed by atoms with Gasteiger partial charge in [0.1, 0.15) is 21.9 Å². The predicted molar refractivity (Wildman–Crippen MR) is 134 cm³/mol. The maximum Gasteiger partial charge on any atom is 0.308 e. The summed E-state index contributed by atoms with van der Waals surface area (Å²) in [7, 11) is 0. The van der Waals surface area contributed by atoms with Gasteiger partial charge in [-0.3, -0.25) is 14.4 Å². The molecule has 0 spiro atoms. The largest absolute Gasteiger partial charge is 0.481 e. The van der Waals surface area contributed by atoms with Crippen LogP contribution in [0.5, 0.6) is 0 Å². The summed E-state index contributed by atoms with van der Waals surface area (Å²) in [5.74, 6) is -0.400. The van der Waals surface area contributed by atoms with Gasteiger partial charge in [-0.05, 0) is 49.2 Å². The van der Waals surface area contributed by atoms with E-state index in [0.717, 1.165) is 47.6 Å². The first-order valence-electron chi connectivity index (χ1n) is 10.3. The number of fused-ring (bicyclic) bond motifs is 3. The average molecular weight is 542 g/mol. The number of rotatable bonds is 4. The summed E-state index contributed by atoms with van der Waals surface area (Å²) in [4.78, 5) is 22.6. The molecule has 0 fully saturated rings. The second kappa shape index (κ2) is 8.27. The van der Waals surface area contributed by atoms with Crippen LogP contribution in [-0.2, 0) is 4.79 Å². The molecule has 2 atom stereocenters. The summed E-state index contributed by atoms with van der Waals surface area (Å²) in [6.45, 7) is 7.73. The second-order valence-electron chi connectivity index (χ2n) is 8.00. The normalized spacial score (nSPS) is 16.0. The van der Waals surface area contributed by atoms with Crippen molar-refractivity contribution >= 4 is 50.3 Å². The van der Waals surface area contributed by atoms with Crippen LogP contribution in [0.1, 0.15) is 46.2 Å². The number of halogens is 1. The number of nitrogens with zero attached hydrogens (tertiary/aromatic N) is 5. The van der Waals surface area contributed by atoms with Gasteiger partial charge in [0.05, 0.1) is 21.6 Å². The van der Waals surface area contributed by atoms with Gasteiger partial charge in [-0.2, -0.15) is 0 Å². The van der Waals surface area contributed by atoms with Crippen molar-refractivity contribution in [2.24, 2.45) is 10.9 Å². The van der Waals surface area contributed by atoms with Gasteiger partial charge >= 0.3 is 5.97 Å². The molecular formula is C23H20BrN5O2S2. The Labute approximate surface area is 207 Å². The number of benzene rings is 1. The first-order valence-corrected chi connectivity index (χ1v) is 12.7. The molecule has 10 heteroatoms. The summed E-state index contributed by atoms with van der Waals surface area (Å²) in [5, 5.41) is 20.3. The molecule has 3 aromatic heterocycles. The van der Waals surface area contributed by atoms with Crippen molar-refractivity contribution in [1.82, 2.24) is 19.7 Å². The van der Waals surface area contributed by atoms with E-state index in [9.17, 15) is 9.90 Å². The molecule has 33 heavy (non-hydrogen) atoms. The van der Waals surface area contributed by atoms with Crippen molar-refractivity contribution in [3.05, 3.63) is 67.5 Å². The SMILES string of the molecule is Cc1sc2c(c1C)C(c1ccc(-c3ncc(Br)s3)cc1)=N[C@@H](C(C)C(=O)O)c1nnc(C)n1-2. The van der Waals surface area contributed by atoms with Gasteiger partial charge in [0, 0.05) is 21.6 Å². The van der Waals surface area contributed by atoms with Gasteiger partial charge in [-0.15, -0.1) is 32.9 Å². The fourth-order valence-electron chi connectivity index (χ4n) is 3.98. The van der Waals surface area contributed by atoms with Crippen molar-refractivity contribution in [2.45, 2.75) is 33.7 Å². The van der Waals surface area contributed by atoms with Crippen LogP contribution in [0.3, 0.4) is 0 Å². The molecule has 0 aliphatic carbocycles. The van der Waals surface area contributed by atoms with Gasteiger partial charge in [-0.25, -0.2) is 4.98 Å². The number of aryl methyl sites for hydroxylation is 2. The zero-order valence-electron chi connectivity index (χ0n) is 18.3. The minimum atomic E-state index is -0.918. The Kier molecular flexibility index (Phi) is 5.54. The lowest BCUT2D eigenvalue weighted by atomic mass is 9.97. The minimum Gasteiger partial charge on any atom is -0.481 e. The van der Waals surface area contributed by atoms with Crippen LogP contribution in [0, 0.1) is 26.7 Å². The number of aromatic nitrogens is 4. The van der Waals surface area contributed by atoms with Crippen molar-refractivity contribution in [3.63, 3.8) is 0 Å². The number of carbonyl (C=O) groups is 1. The van der Waals surface area contributed by atoms with Crippen LogP contribution in [0.2, 0.25) is 0 Å². The molecule has 4 heterocycles. The molecule has 1 aliphatic heterocycles. The van der Waals surface area contributed by atoms with Gasteiger partial charge in [0.25, 0.3) is 0 Å². The van der Waals surface area contributed by atoms with E-state index in [1.807, 2.05) is 35.8 Å². The van der Waals surface area contributed by atoms with Crippen LogP contribution in [0.15, 0.2) is 39.2 Å². The first kappa shape index (κ1) is 22.1. The molecule has 0 saturated heterocycles. The Bertz CT molecular complexity index is 1420. The Morgan fingerprint density at radius 1 is 1.12 bits per heavy atom. The molecule has 0 saturated carbocycles. The van der Waals surface area contributed by atoms with Gasteiger partial charge in [-0.1, -0.05) is 24.3 Å². The lowest BCUT2D eigenvalue weighted by molar-refractivity contribution is -0.141. The molecule has 1 aliphatic rings. The third-order valence-corrected chi connectivity index (χ3v) is 8.65. The molecule has 0 radical (unpaired) electrons. The van der Waals surface area contributed by atoms with Crippen LogP contribution >= 0.6 is 38.6 Å². The highest BCUT2D eigenvalue weighted by molar-refractivity contribution is 9.11. The molecule has 7 nitrogen and oxygen atoms in total. The standard InChI is InChI=1S/C23H20BrN5O2S2/c1-10-12(3)32-22-17(10)19(14-5-7-15(8-6-14)21-25-9-16(24)33-21)26-18(11(2)23(30)31)20-28-27-13(4)29(20)22/h5-9,11,18H,1-4H3,(H,30,31)/t11?,18-/m0/s1. The van der Waals surface area contributed by atoms with Crippen molar-refractivity contribution in [1.29, 1.82) is 0 Å². The minimum absolute atomic E-state index is 0.559. The number of carboxylic acids is 1. The topological polar surface area (TPSA) is 93.3 Å². The maximum absolute atomic E-state index is 12.0. The van der Waals surface area contributed by atoms with Gasteiger partial charge in [0.15, 0.2) is 5.82 Å². The highest BCUT2D eigenvalue weighted by atomic mass is 79.9. The third kappa shape index (κ3) is 3.66. The molecule has 0 amide bonds. The second-order valence-corrected chi connectivity index (χ2v) is 11.6. The van der Waals surface area contributed by atoms with E-state index in [4.69, 9.17) is 4.99 Å². The van der Waals surface area contributed by atoms with E-state index in [1.54, 1.807) is 35.8 Å². The molecule has 5 rings (SSSR count). The number of aliphatic imine (C=N–C) groups is 1. The van der Waals surface area contributed by atoms with E-state index >= 15 is 0 Å². The zero-order chi connectivity index (χ0) is 23.4. The molecule has 1 N–H and O–H groups in total. The fraction of sp³-hybridized carbons (Fsp3) is 0.261. The first-order chi connectivity index (χ1) is 15.8. The fourth-order valence-corrected chi connectivity index (χ4v) is 6.40. The summed E-state index contributed by atoms with van der Waals surface area (Å²) in [6.07, 6.45) is 1.79. The monoisotopic (exact) mass is 541 g/mol. The number of aliphatic carboxylic acids is 1. The highest BCUT2D eigenvalue weighted by Crippen LogP contribution is 2.41. The van der Waals surface area contributed by atoms with E-state index in [1.165, 1.54) is 4.88 Å². The van der Waals surface area contributed by atoms with Crippen LogP contribution in [0.25, 0.3) is 15.6 Å². The van der Waals surface area contributed by atoms with Crippen molar-refractivity contribution < 1.29 is 9.90 Å². The van der Waals surface area contributed by atoms with E-state index in [2.05, 4.69) is 45.0 Å². The smallest absolute Gasteiger partial charge is 0.308 e. The van der Waals surface area contributed by atoms with Crippen LogP contribution in [0.4, 0.5) is 0 Å². The van der Waals surface area contributed by atoms with Crippen LogP contribution < -0.4 is 0 Å². The van der Waals surface area contributed by atoms with Crippen molar-refractivity contribution in [2.75, 3.05) is 0 Å². The summed E-state index contributed by atoms with van der Waals surface area (Å²) in [6, 6.07) is 7.46. The zero-order valence-corrected chi connectivity index (χ0v) is 21.5. The molecule has 0 bridgehead atoms. The van der Waals surface area contributed by atoms with E-state index in [0.29, 0.717) is 5.82 Å². The molecule has 168 valence electrons. The Balaban J connectivity index is 1.72. The predicted octanol–water partition coefficient (Wildman–Crippen LogP) is 5.75. The van der Waals surface area contributed by atoms with Crippen LogP contribution in [-0.4, -0.2) is 36.5 Å². The summed E-state index contributed by atoms with van der Waals surface area (Å²) < 4.78 is 2.95. The quantitative estimate of drug-likeness (QED) is 0.354. The molecule has 1 aromatic carbocycles. The lowest BCUT2D eigenvalue weighted by Gasteiger charge is -2.16. The number of hydrogen-bond acceptors (Lipinski definition) is 7. The number of thiazole rings is 1. The maximum atomic E-state index is 12.0. The lowest BCUT2D eigenvalue weighted by Crippen LogP contribution is -2.21. The Morgan fingerprint density at radius 2 is 1.82 bits per heavy atom. The Morgan fingerprint density at radius 3 is 2.45 bits per heavy atom. The number of carboxylic acid groups (broad SMARTS) is 1. The Hall–Kier alpha value is -2.69. The van der Waals surface area contributed by atoms with E-state index in [-0.39, 0.29) is 0 Å². The van der Waals surface area contributed by atoms with Gasteiger partial charge < -0.3 is 5.11 Å². The highest BCUT2D eigenvalue weighted by Gasteiger charge is 2.36. The number of thiophene rings is 1.